The van der Waals surface area contributed by atoms with Crippen LogP contribution in [0.4, 0.5) is 0 Å². The lowest BCUT2D eigenvalue weighted by atomic mass is 9.77. The van der Waals surface area contributed by atoms with E-state index < -0.39 is 5.97 Å². The van der Waals surface area contributed by atoms with Gasteiger partial charge in [0.2, 0.25) is 0 Å². The van der Waals surface area contributed by atoms with Crippen molar-refractivity contribution in [2.75, 3.05) is 0 Å². The average molecular weight is 286 g/mol. The number of Topliss-reactive ketones (excluding diaryl/α,β-unsaturated/α-hetero) is 1. The SMILES string of the molecule is O=C(O)CC1(CC(=O)c2c[nH]c3ncccc23)CCCC1. The van der Waals surface area contributed by atoms with Crippen LogP contribution in [-0.2, 0) is 4.79 Å². The second-order valence-electron chi connectivity index (χ2n) is 5.98. The van der Waals surface area contributed by atoms with Gasteiger partial charge in [-0.15, -0.1) is 0 Å². The second-order valence-corrected chi connectivity index (χ2v) is 5.98. The molecule has 0 saturated heterocycles. The van der Waals surface area contributed by atoms with Crippen LogP contribution in [0.2, 0.25) is 0 Å². The number of hydrogen-bond acceptors (Lipinski definition) is 3. The summed E-state index contributed by atoms with van der Waals surface area (Å²) in [6.45, 7) is 0. The largest absolute Gasteiger partial charge is 0.481 e. The summed E-state index contributed by atoms with van der Waals surface area (Å²) < 4.78 is 0. The molecule has 2 aromatic rings. The van der Waals surface area contributed by atoms with E-state index in [0.717, 1.165) is 31.1 Å². The summed E-state index contributed by atoms with van der Waals surface area (Å²) in [6.07, 6.45) is 7.42. The standard InChI is InChI=1S/C16H18N2O3/c19-13(8-16(9-14(20)21)5-1-2-6-16)12-10-18-15-11(12)4-3-7-17-15/h3-4,7,10H,1-2,5-6,8-9H2,(H,17,18)(H,20,21). The van der Waals surface area contributed by atoms with Gasteiger partial charge in [-0.1, -0.05) is 12.8 Å². The van der Waals surface area contributed by atoms with Crippen LogP contribution in [-0.4, -0.2) is 26.8 Å². The molecular weight excluding hydrogens is 268 g/mol. The number of hydrogen-bond donors (Lipinski definition) is 2. The van der Waals surface area contributed by atoms with Gasteiger partial charge in [0.15, 0.2) is 5.78 Å². The average Bonchev–Trinajstić information content (AvgIpc) is 3.04. The van der Waals surface area contributed by atoms with Gasteiger partial charge in [-0.3, -0.25) is 9.59 Å². The Morgan fingerprint density at radius 2 is 2.05 bits per heavy atom. The highest BCUT2D eigenvalue weighted by molar-refractivity contribution is 6.07. The van der Waals surface area contributed by atoms with Gasteiger partial charge in [-0.2, -0.15) is 0 Å². The van der Waals surface area contributed by atoms with Gasteiger partial charge in [0, 0.05) is 29.8 Å². The third kappa shape index (κ3) is 2.68. The molecule has 0 aliphatic heterocycles. The van der Waals surface area contributed by atoms with Crippen LogP contribution >= 0.6 is 0 Å². The minimum atomic E-state index is -0.815. The van der Waals surface area contributed by atoms with E-state index >= 15 is 0 Å². The highest BCUT2D eigenvalue weighted by atomic mass is 16.4. The van der Waals surface area contributed by atoms with Crippen molar-refractivity contribution in [1.29, 1.82) is 0 Å². The Labute approximate surface area is 122 Å². The molecule has 1 aliphatic rings. The Hall–Kier alpha value is -2.17. The van der Waals surface area contributed by atoms with Crippen LogP contribution in [0.1, 0.15) is 48.9 Å². The highest BCUT2D eigenvalue weighted by Crippen LogP contribution is 2.45. The molecular formula is C16H18N2O3. The van der Waals surface area contributed by atoms with Crippen LogP contribution in [0.25, 0.3) is 11.0 Å². The second kappa shape index (κ2) is 5.31. The summed E-state index contributed by atoms with van der Waals surface area (Å²) in [5.74, 6) is -0.803. The van der Waals surface area contributed by atoms with Gasteiger partial charge in [0.25, 0.3) is 0 Å². The fourth-order valence-corrected chi connectivity index (χ4v) is 3.48. The van der Waals surface area contributed by atoms with E-state index in [1.807, 2.05) is 6.07 Å². The number of carboxylic acids is 1. The molecule has 0 aromatic carbocycles. The van der Waals surface area contributed by atoms with E-state index in [1.165, 1.54) is 0 Å². The summed E-state index contributed by atoms with van der Waals surface area (Å²) in [5, 5.41) is 9.94. The van der Waals surface area contributed by atoms with Crippen LogP contribution in [0.15, 0.2) is 24.5 Å². The monoisotopic (exact) mass is 286 g/mol. The lowest BCUT2D eigenvalue weighted by Gasteiger charge is -2.26. The summed E-state index contributed by atoms with van der Waals surface area (Å²) >= 11 is 0. The van der Waals surface area contributed by atoms with Crippen molar-refractivity contribution in [2.45, 2.75) is 38.5 Å². The lowest BCUT2D eigenvalue weighted by Crippen LogP contribution is -2.24. The highest BCUT2D eigenvalue weighted by Gasteiger charge is 2.38. The van der Waals surface area contributed by atoms with Crippen molar-refractivity contribution < 1.29 is 14.7 Å². The fourth-order valence-electron chi connectivity index (χ4n) is 3.48. The number of aliphatic carboxylic acids is 1. The molecule has 5 nitrogen and oxygen atoms in total. The number of nitrogens with zero attached hydrogens (tertiary/aromatic N) is 1. The Bertz CT molecular complexity index is 684. The van der Waals surface area contributed by atoms with E-state index in [1.54, 1.807) is 18.5 Å². The Kier molecular flexibility index (Phi) is 3.49. The van der Waals surface area contributed by atoms with E-state index in [-0.39, 0.29) is 17.6 Å². The number of nitrogens with one attached hydrogen (secondary N) is 1. The third-order valence-electron chi connectivity index (χ3n) is 4.48. The molecule has 0 bridgehead atoms. The maximum Gasteiger partial charge on any atom is 0.303 e. The zero-order valence-electron chi connectivity index (χ0n) is 11.8. The molecule has 2 aromatic heterocycles. The molecule has 0 unspecified atom stereocenters. The molecule has 0 amide bonds. The number of carbonyl (C=O) groups excluding carboxylic acids is 1. The molecule has 2 N–H and O–H groups in total. The van der Waals surface area contributed by atoms with E-state index in [4.69, 9.17) is 5.11 Å². The number of carbonyl (C=O) groups is 2. The smallest absolute Gasteiger partial charge is 0.303 e. The van der Waals surface area contributed by atoms with Gasteiger partial charge >= 0.3 is 5.97 Å². The van der Waals surface area contributed by atoms with Crippen LogP contribution in [0.5, 0.6) is 0 Å². The fraction of sp³-hybridized carbons (Fsp3) is 0.438. The van der Waals surface area contributed by atoms with Gasteiger partial charge in [0.1, 0.15) is 5.65 Å². The van der Waals surface area contributed by atoms with Gasteiger partial charge in [-0.25, -0.2) is 4.98 Å². The first-order valence-corrected chi connectivity index (χ1v) is 7.27. The van der Waals surface area contributed by atoms with Crippen molar-refractivity contribution in [2.24, 2.45) is 5.41 Å². The zero-order valence-corrected chi connectivity index (χ0v) is 11.8. The quantitative estimate of drug-likeness (QED) is 0.827. The van der Waals surface area contributed by atoms with Crippen LogP contribution in [0.3, 0.4) is 0 Å². The third-order valence-corrected chi connectivity index (χ3v) is 4.48. The summed E-state index contributed by atoms with van der Waals surface area (Å²) in [5.41, 5.74) is 0.948. The van der Waals surface area contributed by atoms with Crippen molar-refractivity contribution in [3.05, 3.63) is 30.1 Å². The molecule has 0 radical (unpaired) electrons. The number of carboxylic acid groups (broad SMARTS) is 1. The van der Waals surface area contributed by atoms with Gasteiger partial charge < -0.3 is 10.1 Å². The molecule has 1 fully saturated rings. The number of rotatable bonds is 5. The number of aromatic amines is 1. The van der Waals surface area contributed by atoms with Crippen molar-refractivity contribution in [3.8, 4) is 0 Å². The maximum atomic E-state index is 12.6. The van der Waals surface area contributed by atoms with Gasteiger partial charge in [-0.05, 0) is 30.4 Å². The van der Waals surface area contributed by atoms with E-state index in [2.05, 4.69) is 9.97 Å². The number of pyridine rings is 1. The number of fused-ring (bicyclic) bond motifs is 1. The summed E-state index contributed by atoms with van der Waals surface area (Å²) in [6, 6.07) is 3.67. The predicted octanol–water partition coefficient (Wildman–Crippen LogP) is 3.17. The minimum absolute atomic E-state index is 0.0115. The van der Waals surface area contributed by atoms with Crippen molar-refractivity contribution in [3.63, 3.8) is 0 Å². The maximum absolute atomic E-state index is 12.6. The Balaban J connectivity index is 1.86. The Morgan fingerprint density at radius 1 is 1.29 bits per heavy atom. The number of aromatic nitrogens is 2. The molecule has 110 valence electrons. The normalized spacial score (nSPS) is 17.1. The lowest BCUT2D eigenvalue weighted by molar-refractivity contribution is -0.139. The molecule has 0 atom stereocenters. The molecule has 2 heterocycles. The first-order valence-electron chi connectivity index (χ1n) is 7.27. The molecule has 1 aliphatic carbocycles. The minimum Gasteiger partial charge on any atom is -0.481 e. The van der Waals surface area contributed by atoms with Gasteiger partial charge in [0.05, 0.1) is 6.42 Å². The van der Waals surface area contributed by atoms with Crippen LogP contribution < -0.4 is 0 Å². The van der Waals surface area contributed by atoms with Crippen LogP contribution in [0, 0.1) is 5.41 Å². The molecule has 0 spiro atoms. The molecule has 1 saturated carbocycles. The molecule has 21 heavy (non-hydrogen) atoms. The first-order chi connectivity index (χ1) is 10.1. The topological polar surface area (TPSA) is 83.0 Å². The predicted molar refractivity (Wildman–Crippen MR) is 78.2 cm³/mol. The van der Waals surface area contributed by atoms with E-state index in [0.29, 0.717) is 17.6 Å². The summed E-state index contributed by atoms with van der Waals surface area (Å²) in [7, 11) is 0. The number of ketones is 1. The molecule has 5 heteroatoms. The first kappa shape index (κ1) is 13.8. The van der Waals surface area contributed by atoms with E-state index in [9.17, 15) is 9.59 Å². The number of H-pyrrole nitrogens is 1. The van der Waals surface area contributed by atoms with Crippen molar-refractivity contribution in [1.82, 2.24) is 9.97 Å². The van der Waals surface area contributed by atoms with Crippen molar-refractivity contribution >= 4 is 22.8 Å². The Morgan fingerprint density at radius 3 is 2.76 bits per heavy atom. The molecule has 3 rings (SSSR count). The summed E-state index contributed by atoms with van der Waals surface area (Å²) in [4.78, 5) is 30.9. The zero-order chi connectivity index (χ0) is 14.9.